The summed E-state index contributed by atoms with van der Waals surface area (Å²) < 4.78 is 7.46. The highest BCUT2D eigenvalue weighted by atomic mass is 16.3. The highest BCUT2D eigenvalue weighted by molar-refractivity contribution is 5.60. The summed E-state index contributed by atoms with van der Waals surface area (Å²) in [5, 5.41) is 4.81. The Kier molecular flexibility index (Phi) is 5.33. The highest BCUT2D eigenvalue weighted by Crippen LogP contribution is 2.29. The van der Waals surface area contributed by atoms with E-state index in [0.717, 1.165) is 50.5 Å². The van der Waals surface area contributed by atoms with Gasteiger partial charge in [0.1, 0.15) is 5.82 Å². The van der Waals surface area contributed by atoms with Gasteiger partial charge in [-0.25, -0.2) is 4.98 Å². The van der Waals surface area contributed by atoms with Crippen LogP contribution in [-0.4, -0.2) is 45.8 Å². The molecule has 1 aliphatic heterocycles. The minimum absolute atomic E-state index is 0.575. The lowest BCUT2D eigenvalue weighted by molar-refractivity contribution is 0.577. The highest BCUT2D eigenvalue weighted by Gasteiger charge is 2.26. The second-order valence-corrected chi connectivity index (χ2v) is 8.64. The van der Waals surface area contributed by atoms with Crippen molar-refractivity contribution >= 4 is 17.3 Å². The van der Waals surface area contributed by atoms with Gasteiger partial charge in [0.05, 0.1) is 6.26 Å². The van der Waals surface area contributed by atoms with Gasteiger partial charge in [0.2, 0.25) is 5.82 Å². The summed E-state index contributed by atoms with van der Waals surface area (Å²) in [6.45, 7) is 12.5. The van der Waals surface area contributed by atoms with Crippen LogP contribution in [0.25, 0.3) is 17.4 Å². The number of anilines is 2. The van der Waals surface area contributed by atoms with Gasteiger partial charge >= 0.3 is 0 Å². The molecule has 0 saturated carbocycles. The molecule has 0 unspecified atom stereocenters. The van der Waals surface area contributed by atoms with Crippen LogP contribution in [0.4, 0.5) is 11.5 Å². The molecule has 166 valence electrons. The van der Waals surface area contributed by atoms with Crippen molar-refractivity contribution in [2.75, 3.05) is 36.0 Å². The Morgan fingerprint density at radius 3 is 2.47 bits per heavy atom. The van der Waals surface area contributed by atoms with E-state index in [0.29, 0.717) is 17.4 Å². The molecule has 7 nitrogen and oxygen atoms in total. The Balaban J connectivity index is 1.51. The number of nitrogens with zero attached hydrogens (tertiary/aromatic N) is 6. The van der Waals surface area contributed by atoms with Crippen LogP contribution in [0.1, 0.15) is 35.7 Å². The van der Waals surface area contributed by atoms with Crippen molar-refractivity contribution in [2.45, 2.75) is 40.5 Å². The molecule has 5 rings (SSSR count). The van der Waals surface area contributed by atoms with E-state index in [1.807, 2.05) is 16.6 Å². The van der Waals surface area contributed by atoms with E-state index in [-0.39, 0.29) is 0 Å². The fourth-order valence-corrected chi connectivity index (χ4v) is 4.62. The third kappa shape index (κ3) is 3.61. The fraction of sp³-hybridized carbons (Fsp3) is 0.400. The average Bonchev–Trinajstić information content (AvgIpc) is 3.46. The molecule has 3 aromatic heterocycles. The maximum absolute atomic E-state index is 5.54. The maximum Gasteiger partial charge on any atom is 0.255 e. The van der Waals surface area contributed by atoms with Gasteiger partial charge in [0.25, 0.3) is 5.78 Å². The van der Waals surface area contributed by atoms with Crippen LogP contribution in [0, 0.1) is 20.8 Å². The van der Waals surface area contributed by atoms with Crippen molar-refractivity contribution in [1.82, 2.24) is 19.6 Å². The van der Waals surface area contributed by atoms with E-state index in [2.05, 4.69) is 60.7 Å². The molecular weight excluding hydrogens is 400 g/mol. The van der Waals surface area contributed by atoms with Gasteiger partial charge in [-0.1, -0.05) is 25.5 Å². The number of hydrogen-bond acceptors (Lipinski definition) is 6. The SMILES string of the molecule is CCCc1c(C)nc2nc(-c3ccco3)nn2c1N1CCN(c2cc(C)ccc2C)CC1. The summed E-state index contributed by atoms with van der Waals surface area (Å²) in [5.74, 6) is 2.99. The molecule has 4 heterocycles. The van der Waals surface area contributed by atoms with Crippen molar-refractivity contribution in [3.63, 3.8) is 0 Å². The molecule has 1 fully saturated rings. The first-order valence-electron chi connectivity index (χ1n) is 11.4. The monoisotopic (exact) mass is 430 g/mol. The van der Waals surface area contributed by atoms with E-state index >= 15 is 0 Å². The standard InChI is InChI=1S/C25H30N6O/c1-5-7-20-19(4)26-25-27-23(22-8-6-15-32-22)28-31(25)24(20)30-13-11-29(12-14-30)21-16-17(2)9-10-18(21)3/h6,8-10,15-16H,5,7,11-14H2,1-4H3. The number of furan rings is 1. The molecule has 1 aliphatic rings. The molecule has 4 aromatic rings. The normalized spacial score (nSPS) is 14.5. The molecule has 0 N–H and O–H groups in total. The van der Waals surface area contributed by atoms with E-state index in [1.54, 1.807) is 6.26 Å². The summed E-state index contributed by atoms with van der Waals surface area (Å²) in [5.41, 5.74) is 6.27. The largest absolute Gasteiger partial charge is 0.461 e. The van der Waals surface area contributed by atoms with Gasteiger partial charge in [-0.05, 0) is 56.5 Å². The van der Waals surface area contributed by atoms with Gasteiger partial charge in [0, 0.05) is 43.1 Å². The Bertz CT molecular complexity index is 1240. The molecular formula is C25H30N6O. The topological polar surface area (TPSA) is 62.7 Å². The lowest BCUT2D eigenvalue weighted by Gasteiger charge is -2.38. The molecule has 1 aromatic carbocycles. The van der Waals surface area contributed by atoms with E-state index in [9.17, 15) is 0 Å². The van der Waals surface area contributed by atoms with Gasteiger partial charge in [-0.2, -0.15) is 9.50 Å². The third-order valence-corrected chi connectivity index (χ3v) is 6.29. The molecule has 32 heavy (non-hydrogen) atoms. The molecule has 0 bridgehead atoms. The Hall–Kier alpha value is -3.35. The van der Waals surface area contributed by atoms with E-state index < -0.39 is 0 Å². The first kappa shape index (κ1) is 20.5. The summed E-state index contributed by atoms with van der Waals surface area (Å²) >= 11 is 0. The van der Waals surface area contributed by atoms with Crippen LogP contribution in [0.2, 0.25) is 0 Å². The van der Waals surface area contributed by atoms with Crippen molar-refractivity contribution < 1.29 is 4.42 Å². The lowest BCUT2D eigenvalue weighted by atomic mass is 10.1. The molecule has 0 atom stereocenters. The van der Waals surface area contributed by atoms with Crippen LogP contribution in [0.15, 0.2) is 41.0 Å². The number of fused-ring (bicyclic) bond motifs is 1. The number of aryl methyl sites for hydroxylation is 3. The van der Waals surface area contributed by atoms with Crippen LogP contribution in [0.5, 0.6) is 0 Å². The van der Waals surface area contributed by atoms with E-state index in [4.69, 9.17) is 14.5 Å². The average molecular weight is 431 g/mol. The Morgan fingerprint density at radius 2 is 1.75 bits per heavy atom. The lowest BCUT2D eigenvalue weighted by Crippen LogP contribution is -2.47. The number of benzene rings is 1. The number of rotatable bonds is 5. The van der Waals surface area contributed by atoms with E-state index in [1.165, 1.54) is 22.4 Å². The summed E-state index contributed by atoms with van der Waals surface area (Å²) in [6.07, 6.45) is 3.68. The molecule has 0 radical (unpaired) electrons. The van der Waals surface area contributed by atoms with Crippen LogP contribution in [-0.2, 0) is 6.42 Å². The fourth-order valence-electron chi connectivity index (χ4n) is 4.62. The maximum atomic E-state index is 5.54. The Labute approximate surface area is 188 Å². The second-order valence-electron chi connectivity index (χ2n) is 8.64. The first-order valence-corrected chi connectivity index (χ1v) is 11.4. The van der Waals surface area contributed by atoms with Gasteiger partial charge in [-0.15, -0.1) is 5.10 Å². The number of piperazine rings is 1. The third-order valence-electron chi connectivity index (χ3n) is 6.29. The first-order chi connectivity index (χ1) is 15.5. The smallest absolute Gasteiger partial charge is 0.255 e. The summed E-state index contributed by atoms with van der Waals surface area (Å²) in [4.78, 5) is 14.4. The zero-order valence-electron chi connectivity index (χ0n) is 19.3. The van der Waals surface area contributed by atoms with Crippen LogP contribution >= 0.6 is 0 Å². The minimum atomic E-state index is 0.575. The van der Waals surface area contributed by atoms with Crippen LogP contribution < -0.4 is 9.80 Å². The molecule has 7 heteroatoms. The van der Waals surface area contributed by atoms with Gasteiger partial charge < -0.3 is 14.2 Å². The van der Waals surface area contributed by atoms with Crippen molar-refractivity contribution in [3.05, 3.63) is 59.0 Å². The molecule has 0 aliphatic carbocycles. The zero-order chi connectivity index (χ0) is 22.2. The molecule has 1 saturated heterocycles. The molecule has 0 spiro atoms. The van der Waals surface area contributed by atoms with Crippen molar-refractivity contribution in [2.24, 2.45) is 0 Å². The minimum Gasteiger partial charge on any atom is -0.461 e. The quantitative estimate of drug-likeness (QED) is 0.462. The Morgan fingerprint density at radius 1 is 0.969 bits per heavy atom. The predicted octanol–water partition coefficient (Wildman–Crippen LogP) is 4.59. The predicted molar refractivity (Wildman–Crippen MR) is 128 cm³/mol. The summed E-state index contributed by atoms with van der Waals surface area (Å²) in [7, 11) is 0. The van der Waals surface area contributed by atoms with Gasteiger partial charge in [0.15, 0.2) is 5.76 Å². The second kappa shape index (κ2) is 8.30. The zero-order valence-corrected chi connectivity index (χ0v) is 19.3. The number of hydrogen-bond donors (Lipinski definition) is 0. The van der Waals surface area contributed by atoms with Crippen LogP contribution in [0.3, 0.4) is 0 Å². The summed E-state index contributed by atoms with van der Waals surface area (Å²) in [6, 6.07) is 10.4. The number of aromatic nitrogens is 4. The van der Waals surface area contributed by atoms with Crippen molar-refractivity contribution in [3.8, 4) is 11.6 Å². The van der Waals surface area contributed by atoms with Gasteiger partial charge in [-0.3, -0.25) is 0 Å². The van der Waals surface area contributed by atoms with Crippen molar-refractivity contribution in [1.29, 1.82) is 0 Å². The molecule has 0 amide bonds.